The summed E-state index contributed by atoms with van der Waals surface area (Å²) in [5.74, 6) is 0.511. The van der Waals surface area contributed by atoms with Gasteiger partial charge in [0.25, 0.3) is 0 Å². The molecular weight excluding hydrogens is 310 g/mol. The van der Waals surface area contributed by atoms with Gasteiger partial charge in [0.15, 0.2) is 0 Å². The van der Waals surface area contributed by atoms with Crippen LogP contribution in [0, 0.1) is 5.92 Å². The van der Waals surface area contributed by atoms with E-state index in [1.807, 2.05) is 30.5 Å². The third-order valence-electron chi connectivity index (χ3n) is 4.87. The van der Waals surface area contributed by atoms with Crippen molar-refractivity contribution in [3.63, 3.8) is 0 Å². The van der Waals surface area contributed by atoms with Gasteiger partial charge in [0.1, 0.15) is 6.61 Å². The molecule has 25 heavy (non-hydrogen) atoms. The van der Waals surface area contributed by atoms with E-state index in [0.29, 0.717) is 12.5 Å². The van der Waals surface area contributed by atoms with Gasteiger partial charge in [-0.25, -0.2) is 4.79 Å². The van der Waals surface area contributed by atoms with Crippen molar-refractivity contribution >= 4 is 11.7 Å². The SMILES string of the molecule is CC(/C(=C/N1C(=O)OC[C@H]1C(C)C)c1ccccc1)c1ccccc1. The molecule has 1 saturated heterocycles. The van der Waals surface area contributed by atoms with Gasteiger partial charge in [-0.1, -0.05) is 81.4 Å². The first-order valence-electron chi connectivity index (χ1n) is 8.85. The monoisotopic (exact) mass is 335 g/mol. The molecule has 0 radical (unpaired) electrons. The summed E-state index contributed by atoms with van der Waals surface area (Å²) in [5.41, 5.74) is 3.48. The molecule has 1 aliphatic heterocycles. The van der Waals surface area contributed by atoms with Gasteiger partial charge in [-0.3, -0.25) is 4.90 Å². The first kappa shape index (κ1) is 17.3. The van der Waals surface area contributed by atoms with Crippen molar-refractivity contribution in [2.45, 2.75) is 32.7 Å². The van der Waals surface area contributed by atoms with Gasteiger partial charge in [0.05, 0.1) is 6.04 Å². The molecule has 3 rings (SSSR count). The smallest absolute Gasteiger partial charge is 0.414 e. The highest BCUT2D eigenvalue weighted by Crippen LogP contribution is 2.33. The number of allylic oxidation sites excluding steroid dienone is 1. The minimum atomic E-state index is -0.257. The average Bonchev–Trinajstić information content (AvgIpc) is 3.01. The third kappa shape index (κ3) is 3.76. The van der Waals surface area contributed by atoms with E-state index in [9.17, 15) is 4.79 Å². The van der Waals surface area contributed by atoms with Crippen LogP contribution < -0.4 is 0 Å². The number of hydrogen-bond donors (Lipinski definition) is 0. The van der Waals surface area contributed by atoms with Crippen LogP contribution in [0.3, 0.4) is 0 Å². The summed E-state index contributed by atoms with van der Waals surface area (Å²) < 4.78 is 5.30. The van der Waals surface area contributed by atoms with Crippen molar-refractivity contribution in [1.82, 2.24) is 4.90 Å². The van der Waals surface area contributed by atoms with E-state index >= 15 is 0 Å². The molecule has 1 fully saturated rings. The summed E-state index contributed by atoms with van der Waals surface area (Å²) >= 11 is 0. The molecule has 0 aromatic heterocycles. The molecule has 1 amide bonds. The third-order valence-corrected chi connectivity index (χ3v) is 4.87. The molecule has 0 aliphatic carbocycles. The zero-order chi connectivity index (χ0) is 17.8. The Morgan fingerprint density at radius 2 is 1.64 bits per heavy atom. The zero-order valence-electron chi connectivity index (χ0n) is 15.1. The molecule has 1 aliphatic rings. The van der Waals surface area contributed by atoms with Crippen molar-refractivity contribution in [2.75, 3.05) is 6.61 Å². The van der Waals surface area contributed by atoms with Crippen molar-refractivity contribution in [3.8, 4) is 0 Å². The van der Waals surface area contributed by atoms with E-state index in [0.717, 1.165) is 11.1 Å². The maximum atomic E-state index is 12.3. The van der Waals surface area contributed by atoms with E-state index < -0.39 is 0 Å². The molecular formula is C22H25NO2. The predicted octanol–water partition coefficient (Wildman–Crippen LogP) is 5.31. The van der Waals surface area contributed by atoms with Gasteiger partial charge in [-0.2, -0.15) is 0 Å². The van der Waals surface area contributed by atoms with E-state index in [1.54, 1.807) is 4.90 Å². The molecule has 1 heterocycles. The van der Waals surface area contributed by atoms with Crippen molar-refractivity contribution in [2.24, 2.45) is 5.92 Å². The van der Waals surface area contributed by atoms with Crippen LogP contribution in [0.15, 0.2) is 66.9 Å². The van der Waals surface area contributed by atoms with E-state index in [-0.39, 0.29) is 18.1 Å². The second kappa shape index (κ2) is 7.56. The molecule has 130 valence electrons. The summed E-state index contributed by atoms with van der Waals surface area (Å²) in [7, 11) is 0. The highest BCUT2D eigenvalue weighted by molar-refractivity contribution is 5.77. The topological polar surface area (TPSA) is 29.5 Å². The average molecular weight is 335 g/mol. The summed E-state index contributed by atoms with van der Waals surface area (Å²) in [6.07, 6.45) is 1.74. The van der Waals surface area contributed by atoms with Gasteiger partial charge in [-0.05, 0) is 22.6 Å². The highest BCUT2D eigenvalue weighted by atomic mass is 16.6. The van der Waals surface area contributed by atoms with Gasteiger partial charge in [0, 0.05) is 12.1 Å². The Balaban J connectivity index is 2.03. The fourth-order valence-electron chi connectivity index (χ4n) is 3.25. The zero-order valence-corrected chi connectivity index (χ0v) is 15.1. The van der Waals surface area contributed by atoms with Crippen molar-refractivity contribution in [3.05, 3.63) is 78.0 Å². The Hall–Kier alpha value is -2.55. The molecule has 0 spiro atoms. The number of rotatable bonds is 5. The summed E-state index contributed by atoms with van der Waals surface area (Å²) in [6.45, 7) is 6.88. The van der Waals surface area contributed by atoms with Crippen LogP contribution >= 0.6 is 0 Å². The number of cyclic esters (lactones) is 1. The standard InChI is InChI=1S/C22H25NO2/c1-16(2)21-15-25-22(24)23(21)14-20(19-12-8-5-9-13-19)17(3)18-10-6-4-7-11-18/h4-14,16-17,21H,15H2,1-3H3/b20-14-/t17?,21-/m0/s1. The van der Waals surface area contributed by atoms with Crippen molar-refractivity contribution < 1.29 is 9.53 Å². The quantitative estimate of drug-likeness (QED) is 0.741. The molecule has 2 atom stereocenters. The van der Waals surface area contributed by atoms with Crippen LogP contribution in [0.25, 0.3) is 5.57 Å². The maximum Gasteiger partial charge on any atom is 0.414 e. The number of hydrogen-bond acceptors (Lipinski definition) is 2. The Morgan fingerprint density at radius 3 is 2.24 bits per heavy atom. The van der Waals surface area contributed by atoms with Crippen molar-refractivity contribution in [1.29, 1.82) is 0 Å². The minimum absolute atomic E-state index is 0.0779. The first-order chi connectivity index (χ1) is 12.1. The number of carbonyl (C=O) groups is 1. The number of carbonyl (C=O) groups excluding carboxylic acids is 1. The minimum Gasteiger partial charge on any atom is -0.447 e. The van der Waals surface area contributed by atoms with Gasteiger partial charge in [-0.15, -0.1) is 0 Å². The normalized spacial score (nSPS) is 19.2. The lowest BCUT2D eigenvalue weighted by Gasteiger charge is -2.25. The van der Waals surface area contributed by atoms with E-state index in [4.69, 9.17) is 4.74 Å². The largest absolute Gasteiger partial charge is 0.447 e. The summed E-state index contributed by atoms with van der Waals surface area (Å²) in [4.78, 5) is 14.0. The Bertz CT molecular complexity index is 737. The van der Waals surface area contributed by atoms with Gasteiger partial charge in [0.2, 0.25) is 0 Å². The molecule has 3 heteroatoms. The lowest BCUT2D eigenvalue weighted by Crippen LogP contribution is -2.33. The summed E-state index contributed by atoms with van der Waals surface area (Å²) in [5, 5.41) is 0. The second-order valence-electron chi connectivity index (χ2n) is 6.88. The number of ether oxygens (including phenoxy) is 1. The predicted molar refractivity (Wildman–Crippen MR) is 101 cm³/mol. The van der Waals surface area contributed by atoms with Crippen LogP contribution in [-0.4, -0.2) is 23.6 Å². The van der Waals surface area contributed by atoms with Crippen LogP contribution in [0.4, 0.5) is 4.79 Å². The Kier molecular flexibility index (Phi) is 5.22. The van der Waals surface area contributed by atoms with E-state index in [1.165, 1.54) is 5.56 Å². The highest BCUT2D eigenvalue weighted by Gasteiger charge is 2.34. The molecule has 2 aromatic rings. The number of amides is 1. The second-order valence-corrected chi connectivity index (χ2v) is 6.88. The van der Waals surface area contributed by atoms with Crippen LogP contribution in [0.2, 0.25) is 0 Å². The molecule has 2 aromatic carbocycles. The lowest BCUT2D eigenvalue weighted by molar-refractivity contribution is 0.166. The van der Waals surface area contributed by atoms with Crippen LogP contribution in [-0.2, 0) is 4.74 Å². The molecule has 0 bridgehead atoms. The summed E-state index contributed by atoms with van der Waals surface area (Å²) in [6, 6.07) is 20.7. The lowest BCUT2D eigenvalue weighted by atomic mass is 9.88. The molecule has 0 N–H and O–H groups in total. The maximum absolute atomic E-state index is 12.3. The van der Waals surface area contributed by atoms with E-state index in [2.05, 4.69) is 57.2 Å². The number of nitrogens with zero attached hydrogens (tertiary/aromatic N) is 1. The molecule has 1 unspecified atom stereocenters. The molecule has 0 saturated carbocycles. The number of benzene rings is 2. The van der Waals surface area contributed by atoms with Crippen LogP contribution in [0.1, 0.15) is 37.8 Å². The molecule has 3 nitrogen and oxygen atoms in total. The first-order valence-corrected chi connectivity index (χ1v) is 8.85. The fraction of sp³-hybridized carbons (Fsp3) is 0.318. The van der Waals surface area contributed by atoms with Gasteiger partial charge < -0.3 is 4.74 Å². The van der Waals surface area contributed by atoms with Gasteiger partial charge >= 0.3 is 6.09 Å². The Labute approximate surface area is 149 Å². The fourth-order valence-corrected chi connectivity index (χ4v) is 3.25. The Morgan fingerprint density at radius 1 is 1.04 bits per heavy atom. The van der Waals surface area contributed by atoms with Crippen LogP contribution in [0.5, 0.6) is 0 Å².